The van der Waals surface area contributed by atoms with Crippen LogP contribution in [0.4, 0.5) is 4.39 Å². The zero-order valence-electron chi connectivity index (χ0n) is 14.4. The van der Waals surface area contributed by atoms with Crippen LogP contribution in [0.25, 0.3) is 0 Å². The highest BCUT2D eigenvalue weighted by atomic mass is 35.5. The summed E-state index contributed by atoms with van der Waals surface area (Å²) in [6.45, 7) is 2.32. The highest BCUT2D eigenvalue weighted by molar-refractivity contribution is 6.30. The summed E-state index contributed by atoms with van der Waals surface area (Å²) >= 11 is 5.77. The van der Waals surface area contributed by atoms with Crippen LogP contribution < -0.4 is 0 Å². The van der Waals surface area contributed by atoms with Gasteiger partial charge in [-0.3, -0.25) is 0 Å². The van der Waals surface area contributed by atoms with Crippen LogP contribution in [0.2, 0.25) is 5.02 Å². The molecule has 2 fully saturated rings. The molecule has 0 aromatic heterocycles. The van der Waals surface area contributed by atoms with Crippen molar-refractivity contribution >= 4 is 11.6 Å². The van der Waals surface area contributed by atoms with Gasteiger partial charge < -0.3 is 0 Å². The third-order valence-electron chi connectivity index (χ3n) is 6.35. The van der Waals surface area contributed by atoms with Gasteiger partial charge in [0.25, 0.3) is 0 Å². The molecular formula is C21H30ClF. The van der Waals surface area contributed by atoms with Crippen molar-refractivity contribution in [1.29, 1.82) is 0 Å². The van der Waals surface area contributed by atoms with Crippen LogP contribution in [0.5, 0.6) is 0 Å². The Morgan fingerprint density at radius 1 is 1.00 bits per heavy atom. The predicted molar refractivity (Wildman–Crippen MR) is 96.3 cm³/mol. The molecule has 1 aromatic carbocycles. The van der Waals surface area contributed by atoms with Crippen LogP contribution >= 0.6 is 11.6 Å². The first kappa shape index (κ1) is 17.3. The molecule has 0 radical (unpaired) electrons. The summed E-state index contributed by atoms with van der Waals surface area (Å²) in [5.74, 6) is 3.56. The van der Waals surface area contributed by atoms with Crippen LogP contribution in [0, 0.1) is 29.5 Å². The first-order valence-electron chi connectivity index (χ1n) is 9.59. The lowest BCUT2D eigenvalue weighted by molar-refractivity contribution is 0.0921. The lowest BCUT2D eigenvalue weighted by Gasteiger charge is -2.42. The number of halogens is 2. The van der Waals surface area contributed by atoms with Crippen molar-refractivity contribution in [2.45, 2.75) is 71.1 Å². The van der Waals surface area contributed by atoms with Crippen LogP contribution in [-0.4, -0.2) is 0 Å². The lowest BCUT2D eigenvalue weighted by atomic mass is 9.63. The van der Waals surface area contributed by atoms with E-state index in [1.807, 2.05) is 6.07 Å². The third kappa shape index (κ3) is 4.50. The number of hydrogen-bond donors (Lipinski definition) is 0. The average molecular weight is 337 g/mol. The van der Waals surface area contributed by atoms with E-state index in [-0.39, 0.29) is 10.8 Å². The van der Waals surface area contributed by atoms with Gasteiger partial charge in [0.2, 0.25) is 0 Å². The summed E-state index contributed by atoms with van der Waals surface area (Å²) in [7, 11) is 0. The molecule has 0 spiro atoms. The molecule has 2 saturated carbocycles. The molecule has 2 heteroatoms. The van der Waals surface area contributed by atoms with Crippen LogP contribution in [0.15, 0.2) is 18.2 Å². The fourth-order valence-electron chi connectivity index (χ4n) is 5.08. The number of hydrogen-bond acceptors (Lipinski definition) is 0. The highest BCUT2D eigenvalue weighted by Crippen LogP contribution is 2.46. The van der Waals surface area contributed by atoms with Gasteiger partial charge in [0.15, 0.2) is 0 Å². The molecule has 1 aromatic rings. The topological polar surface area (TPSA) is 0 Å². The maximum Gasteiger partial charge on any atom is 0.142 e. The van der Waals surface area contributed by atoms with Gasteiger partial charge in [0.05, 0.1) is 5.02 Å². The van der Waals surface area contributed by atoms with E-state index in [0.717, 1.165) is 35.7 Å². The number of rotatable bonds is 5. The van der Waals surface area contributed by atoms with E-state index >= 15 is 0 Å². The predicted octanol–water partition coefficient (Wildman–Crippen LogP) is 7.04. The normalized spacial score (nSPS) is 30.9. The van der Waals surface area contributed by atoms with Gasteiger partial charge in [-0.05, 0) is 79.9 Å². The van der Waals surface area contributed by atoms with Crippen molar-refractivity contribution in [2.24, 2.45) is 23.7 Å². The van der Waals surface area contributed by atoms with Crippen molar-refractivity contribution in [3.8, 4) is 0 Å². The zero-order valence-corrected chi connectivity index (χ0v) is 15.1. The minimum Gasteiger partial charge on any atom is -0.205 e. The Bertz CT molecular complexity index is 513. The maximum absolute atomic E-state index is 13.5. The van der Waals surface area contributed by atoms with Gasteiger partial charge in [-0.25, -0.2) is 4.39 Å². The molecule has 23 heavy (non-hydrogen) atoms. The van der Waals surface area contributed by atoms with E-state index in [1.165, 1.54) is 57.8 Å². The molecule has 0 saturated heterocycles. The largest absolute Gasteiger partial charge is 0.205 e. The Morgan fingerprint density at radius 3 is 2.26 bits per heavy atom. The minimum atomic E-state index is -0.276. The average Bonchev–Trinajstić information content (AvgIpc) is 2.56. The number of fused-ring (bicyclic) bond motifs is 1. The zero-order chi connectivity index (χ0) is 16.2. The van der Waals surface area contributed by atoms with E-state index in [2.05, 4.69) is 6.92 Å². The van der Waals surface area contributed by atoms with Gasteiger partial charge in [-0.15, -0.1) is 0 Å². The van der Waals surface area contributed by atoms with E-state index in [1.54, 1.807) is 12.1 Å². The summed E-state index contributed by atoms with van der Waals surface area (Å²) in [6.07, 6.45) is 13.6. The fourth-order valence-corrected chi connectivity index (χ4v) is 5.20. The lowest BCUT2D eigenvalue weighted by Crippen LogP contribution is -2.31. The van der Waals surface area contributed by atoms with Crippen LogP contribution in [0.3, 0.4) is 0 Å². The SMILES string of the molecule is CCCC1CCC2CC(CCc3ccc(Cl)c(F)c3)CCC2C1. The first-order valence-corrected chi connectivity index (χ1v) is 9.97. The summed E-state index contributed by atoms with van der Waals surface area (Å²) in [6, 6.07) is 5.29. The Balaban J connectivity index is 1.47. The van der Waals surface area contributed by atoms with E-state index in [0.29, 0.717) is 0 Å². The minimum absolute atomic E-state index is 0.234. The monoisotopic (exact) mass is 336 g/mol. The molecule has 2 aliphatic rings. The second-order valence-corrected chi connectivity index (χ2v) is 8.36. The summed E-state index contributed by atoms with van der Waals surface area (Å²) in [5.41, 5.74) is 1.10. The van der Waals surface area contributed by atoms with Crippen molar-refractivity contribution in [3.05, 3.63) is 34.6 Å². The molecule has 128 valence electrons. The molecule has 0 nitrogen and oxygen atoms in total. The molecule has 4 unspecified atom stereocenters. The molecule has 0 N–H and O–H groups in total. The molecular weight excluding hydrogens is 307 g/mol. The van der Waals surface area contributed by atoms with Gasteiger partial charge in [-0.1, -0.05) is 50.3 Å². The molecule has 3 rings (SSSR count). The Morgan fingerprint density at radius 2 is 1.65 bits per heavy atom. The van der Waals surface area contributed by atoms with Gasteiger partial charge in [0.1, 0.15) is 5.82 Å². The third-order valence-corrected chi connectivity index (χ3v) is 6.66. The van der Waals surface area contributed by atoms with Crippen LogP contribution in [0.1, 0.15) is 70.3 Å². The Hall–Kier alpha value is -0.560. The summed E-state index contributed by atoms with van der Waals surface area (Å²) in [5, 5.41) is 0.234. The number of benzene rings is 1. The Labute approximate surface area is 145 Å². The maximum atomic E-state index is 13.5. The molecule has 0 heterocycles. The van der Waals surface area contributed by atoms with Crippen molar-refractivity contribution in [2.75, 3.05) is 0 Å². The van der Waals surface area contributed by atoms with Gasteiger partial charge in [0, 0.05) is 0 Å². The summed E-state index contributed by atoms with van der Waals surface area (Å²) in [4.78, 5) is 0. The summed E-state index contributed by atoms with van der Waals surface area (Å²) < 4.78 is 13.5. The van der Waals surface area contributed by atoms with E-state index in [4.69, 9.17) is 11.6 Å². The van der Waals surface area contributed by atoms with E-state index < -0.39 is 0 Å². The first-order chi connectivity index (χ1) is 11.2. The molecule has 4 atom stereocenters. The fraction of sp³-hybridized carbons (Fsp3) is 0.714. The van der Waals surface area contributed by atoms with E-state index in [9.17, 15) is 4.39 Å². The standard InChI is InChI=1S/C21H30ClF/c1-2-3-15-6-9-19-13-16(7-10-18(19)12-15)4-5-17-8-11-20(22)21(23)14-17/h8,11,14-16,18-19H,2-7,9-10,12-13H2,1H3. The quantitative estimate of drug-likeness (QED) is 0.540. The second kappa shape index (κ2) is 8.01. The highest BCUT2D eigenvalue weighted by Gasteiger charge is 2.34. The molecule has 2 aliphatic carbocycles. The molecule has 0 bridgehead atoms. The van der Waals surface area contributed by atoms with Crippen molar-refractivity contribution in [3.63, 3.8) is 0 Å². The van der Waals surface area contributed by atoms with Gasteiger partial charge in [-0.2, -0.15) is 0 Å². The molecule has 0 aliphatic heterocycles. The Kier molecular flexibility index (Phi) is 6.01. The second-order valence-electron chi connectivity index (χ2n) is 7.95. The van der Waals surface area contributed by atoms with Crippen molar-refractivity contribution in [1.82, 2.24) is 0 Å². The smallest absolute Gasteiger partial charge is 0.142 e. The van der Waals surface area contributed by atoms with Gasteiger partial charge >= 0.3 is 0 Å². The van der Waals surface area contributed by atoms with Crippen molar-refractivity contribution < 1.29 is 4.39 Å². The van der Waals surface area contributed by atoms with Crippen LogP contribution in [-0.2, 0) is 6.42 Å². The molecule has 0 amide bonds. The number of aryl methyl sites for hydroxylation is 1.